The highest BCUT2D eigenvalue weighted by molar-refractivity contribution is 5.76. The van der Waals surface area contributed by atoms with Crippen LogP contribution in [-0.2, 0) is 22.7 Å². The summed E-state index contributed by atoms with van der Waals surface area (Å²) in [6, 6.07) is 0. The summed E-state index contributed by atoms with van der Waals surface area (Å²) >= 11 is 0. The summed E-state index contributed by atoms with van der Waals surface area (Å²) in [5, 5.41) is 3.94. The lowest BCUT2D eigenvalue weighted by atomic mass is 9.86. The smallest absolute Gasteiger partial charge is 0.240 e. The van der Waals surface area contributed by atoms with Crippen molar-refractivity contribution < 1.29 is 14.1 Å². The fourth-order valence-corrected chi connectivity index (χ4v) is 3.98. The molecule has 0 saturated carbocycles. The van der Waals surface area contributed by atoms with E-state index >= 15 is 0 Å². The summed E-state index contributed by atoms with van der Waals surface area (Å²) < 4.78 is 10.4. The van der Waals surface area contributed by atoms with Crippen LogP contribution in [0.15, 0.2) is 4.52 Å². The van der Waals surface area contributed by atoms with Crippen molar-refractivity contribution in [2.24, 2.45) is 0 Å². The van der Waals surface area contributed by atoms with E-state index in [1.165, 1.54) is 0 Å². The minimum absolute atomic E-state index is 0.0488. The fourth-order valence-electron chi connectivity index (χ4n) is 3.98. The second-order valence-corrected chi connectivity index (χ2v) is 7.12. The molecule has 1 aromatic heterocycles. The zero-order valence-electron chi connectivity index (χ0n) is 15.5. The van der Waals surface area contributed by atoms with Crippen LogP contribution in [0.1, 0.15) is 37.9 Å². The number of ether oxygens (including phenoxy) is 1. The lowest BCUT2D eigenvalue weighted by Gasteiger charge is -2.49. The van der Waals surface area contributed by atoms with Gasteiger partial charge in [0.05, 0.1) is 6.54 Å². The van der Waals surface area contributed by atoms with E-state index in [0.29, 0.717) is 31.3 Å². The number of hydrogen-bond acceptors (Lipinski definition) is 7. The van der Waals surface area contributed by atoms with Gasteiger partial charge in [-0.25, -0.2) is 0 Å². The van der Waals surface area contributed by atoms with Crippen molar-refractivity contribution in [2.45, 2.75) is 44.9 Å². The molecule has 3 heterocycles. The first-order chi connectivity index (χ1) is 12.1. The molecule has 0 N–H and O–H groups in total. The highest BCUT2D eigenvalue weighted by atomic mass is 16.5. The minimum atomic E-state index is 0.0488. The van der Waals surface area contributed by atoms with Crippen LogP contribution in [0.25, 0.3) is 0 Å². The third kappa shape index (κ3) is 4.02. The van der Waals surface area contributed by atoms with Gasteiger partial charge in [-0.1, -0.05) is 5.16 Å². The van der Waals surface area contributed by atoms with E-state index in [1.54, 1.807) is 7.11 Å². The van der Waals surface area contributed by atoms with Gasteiger partial charge in [0.25, 0.3) is 0 Å². The third-order valence-corrected chi connectivity index (χ3v) is 5.61. The number of piperazine rings is 1. The van der Waals surface area contributed by atoms with E-state index < -0.39 is 0 Å². The van der Waals surface area contributed by atoms with Crippen LogP contribution in [0, 0.1) is 0 Å². The van der Waals surface area contributed by atoms with Gasteiger partial charge in [0.2, 0.25) is 11.8 Å². The van der Waals surface area contributed by atoms with Gasteiger partial charge in [-0.3, -0.25) is 14.6 Å². The maximum Gasteiger partial charge on any atom is 0.240 e. The zero-order chi connectivity index (χ0) is 17.9. The van der Waals surface area contributed by atoms with Crippen molar-refractivity contribution in [1.82, 2.24) is 24.8 Å². The number of amides is 1. The van der Waals surface area contributed by atoms with Gasteiger partial charge in [0, 0.05) is 51.8 Å². The summed E-state index contributed by atoms with van der Waals surface area (Å²) in [5.41, 5.74) is 0.0488. The first-order valence-electron chi connectivity index (χ1n) is 9.08. The Morgan fingerprint density at radius 2 is 2.12 bits per heavy atom. The lowest BCUT2D eigenvalue weighted by molar-refractivity contribution is -0.130. The Hall–Kier alpha value is -1.51. The van der Waals surface area contributed by atoms with Crippen molar-refractivity contribution in [3.05, 3.63) is 11.7 Å². The molecule has 1 amide bonds. The van der Waals surface area contributed by atoms with E-state index in [9.17, 15) is 4.79 Å². The molecule has 2 saturated heterocycles. The average Bonchev–Trinajstić information content (AvgIpc) is 2.97. The molecule has 0 radical (unpaired) electrons. The molecule has 0 unspecified atom stereocenters. The van der Waals surface area contributed by atoms with Gasteiger partial charge in [0.1, 0.15) is 6.61 Å². The molecule has 1 aromatic rings. The number of aromatic nitrogens is 2. The average molecular weight is 351 g/mol. The van der Waals surface area contributed by atoms with Crippen LogP contribution < -0.4 is 0 Å². The first-order valence-corrected chi connectivity index (χ1v) is 9.08. The predicted octanol–water partition coefficient (Wildman–Crippen LogP) is 0.735. The maximum absolute atomic E-state index is 12.3. The maximum atomic E-state index is 12.3. The number of nitrogens with zero attached hydrogens (tertiary/aromatic N) is 5. The van der Waals surface area contributed by atoms with E-state index in [1.807, 2.05) is 4.90 Å². The Bertz CT molecular complexity index is 593. The molecule has 2 aliphatic rings. The van der Waals surface area contributed by atoms with Crippen LogP contribution >= 0.6 is 0 Å². The molecular weight excluding hydrogens is 322 g/mol. The lowest BCUT2D eigenvalue weighted by Crippen LogP contribution is -2.60. The van der Waals surface area contributed by atoms with E-state index in [-0.39, 0.29) is 11.4 Å². The van der Waals surface area contributed by atoms with Gasteiger partial charge in [-0.15, -0.1) is 0 Å². The molecule has 0 aromatic carbocycles. The van der Waals surface area contributed by atoms with Crippen molar-refractivity contribution in [3.8, 4) is 0 Å². The Kier molecular flexibility index (Phi) is 5.71. The highest BCUT2D eigenvalue weighted by Crippen LogP contribution is 2.32. The van der Waals surface area contributed by atoms with Crippen LogP contribution in [-0.4, -0.2) is 83.2 Å². The summed E-state index contributed by atoms with van der Waals surface area (Å²) in [5.74, 6) is 1.50. The number of likely N-dealkylation sites (tertiary alicyclic amines) is 1. The van der Waals surface area contributed by atoms with E-state index in [4.69, 9.17) is 9.26 Å². The molecule has 0 aliphatic carbocycles. The summed E-state index contributed by atoms with van der Waals surface area (Å²) in [4.78, 5) is 23.4. The van der Waals surface area contributed by atoms with Crippen LogP contribution in [0.2, 0.25) is 0 Å². The van der Waals surface area contributed by atoms with Gasteiger partial charge in [-0.05, 0) is 26.8 Å². The van der Waals surface area contributed by atoms with Crippen molar-refractivity contribution >= 4 is 5.91 Å². The van der Waals surface area contributed by atoms with Crippen LogP contribution in [0.4, 0.5) is 0 Å². The molecule has 8 heteroatoms. The highest BCUT2D eigenvalue weighted by Gasteiger charge is 2.42. The van der Waals surface area contributed by atoms with Crippen LogP contribution in [0.3, 0.4) is 0 Å². The largest absolute Gasteiger partial charge is 0.377 e. The zero-order valence-corrected chi connectivity index (χ0v) is 15.5. The van der Waals surface area contributed by atoms with Crippen molar-refractivity contribution in [1.29, 1.82) is 0 Å². The molecular formula is C17H29N5O3. The monoisotopic (exact) mass is 351 g/mol. The minimum Gasteiger partial charge on any atom is -0.377 e. The predicted molar refractivity (Wildman–Crippen MR) is 91.8 cm³/mol. The quantitative estimate of drug-likeness (QED) is 0.774. The molecule has 1 atom stereocenters. The number of carbonyl (C=O) groups excluding carboxylic acids is 1. The van der Waals surface area contributed by atoms with Crippen molar-refractivity contribution in [2.75, 3.05) is 46.9 Å². The third-order valence-electron chi connectivity index (χ3n) is 5.61. The second-order valence-electron chi connectivity index (χ2n) is 7.12. The summed E-state index contributed by atoms with van der Waals surface area (Å²) in [6.45, 7) is 7.59. The van der Waals surface area contributed by atoms with Gasteiger partial charge in [0.15, 0.2) is 5.82 Å². The van der Waals surface area contributed by atoms with Gasteiger partial charge < -0.3 is 14.2 Å². The van der Waals surface area contributed by atoms with E-state index in [0.717, 1.165) is 45.6 Å². The molecule has 2 aliphatic heterocycles. The van der Waals surface area contributed by atoms with Gasteiger partial charge >= 0.3 is 0 Å². The molecule has 8 nitrogen and oxygen atoms in total. The fraction of sp³-hybridized carbons (Fsp3) is 0.824. The number of methoxy groups -OCH3 is 1. The molecule has 140 valence electrons. The SMILES string of the molecule is CCN1CC[C@]2(CCC1=O)CN(Cc1nc(COC)no1)CCN2C. The Balaban J connectivity index is 1.67. The number of likely N-dealkylation sites (N-methyl/N-ethyl adjacent to an activating group) is 1. The Labute approximate surface area is 149 Å². The molecule has 1 spiro atoms. The first kappa shape index (κ1) is 18.3. The Morgan fingerprint density at radius 3 is 2.88 bits per heavy atom. The summed E-state index contributed by atoms with van der Waals surface area (Å²) in [6.07, 6.45) is 2.55. The second kappa shape index (κ2) is 7.80. The molecule has 0 bridgehead atoms. The number of rotatable bonds is 5. The van der Waals surface area contributed by atoms with E-state index in [2.05, 4.69) is 33.9 Å². The molecule has 2 fully saturated rings. The Morgan fingerprint density at radius 1 is 1.28 bits per heavy atom. The normalized spacial score (nSPS) is 26.4. The number of carbonyl (C=O) groups is 1. The number of hydrogen-bond donors (Lipinski definition) is 0. The topological polar surface area (TPSA) is 74.9 Å². The van der Waals surface area contributed by atoms with Crippen LogP contribution in [0.5, 0.6) is 0 Å². The molecule has 3 rings (SSSR count). The van der Waals surface area contributed by atoms with Gasteiger partial charge in [-0.2, -0.15) is 4.98 Å². The summed E-state index contributed by atoms with van der Waals surface area (Å²) in [7, 11) is 3.81. The van der Waals surface area contributed by atoms with Crippen molar-refractivity contribution in [3.63, 3.8) is 0 Å². The molecule has 25 heavy (non-hydrogen) atoms. The standard InChI is InChI=1S/C17H29N5O3/c1-4-22-8-7-17(6-5-16(22)23)13-21(10-9-20(17)2)11-15-18-14(12-24-3)19-25-15/h4-13H2,1-3H3/t17-/m1/s1.